The molecule has 1 aliphatic rings. The first-order valence-electron chi connectivity index (χ1n) is 2.96. The fourth-order valence-corrected chi connectivity index (χ4v) is 1.62. The van der Waals surface area contributed by atoms with E-state index in [-0.39, 0.29) is 5.37 Å². The van der Waals surface area contributed by atoms with Gasteiger partial charge in [-0.15, -0.1) is 11.8 Å². The first kappa shape index (κ1) is 7.56. The number of rotatable bonds is 2. The maximum atomic E-state index is 9.84. The SMILES string of the molecule is O=[N+]([O-])/C=C/C1NCCS1. The molecule has 0 aromatic rings. The second-order valence-corrected chi connectivity index (χ2v) is 3.12. The minimum atomic E-state index is -0.444. The topological polar surface area (TPSA) is 55.2 Å². The highest BCUT2D eigenvalue weighted by Gasteiger charge is 2.11. The Morgan fingerprint density at radius 3 is 3.10 bits per heavy atom. The van der Waals surface area contributed by atoms with Crippen molar-refractivity contribution in [1.29, 1.82) is 0 Å². The smallest absolute Gasteiger partial charge is 0.232 e. The molecule has 4 nitrogen and oxygen atoms in total. The molecule has 1 fully saturated rings. The van der Waals surface area contributed by atoms with Gasteiger partial charge in [0.25, 0.3) is 0 Å². The Morgan fingerprint density at radius 2 is 2.60 bits per heavy atom. The van der Waals surface area contributed by atoms with Gasteiger partial charge in [-0.05, 0) is 0 Å². The molecule has 0 aromatic heterocycles. The summed E-state index contributed by atoms with van der Waals surface area (Å²) in [5.74, 6) is 1.03. The number of nitrogens with zero attached hydrogens (tertiary/aromatic N) is 1. The van der Waals surface area contributed by atoms with Gasteiger partial charge in [0.05, 0.1) is 10.3 Å². The van der Waals surface area contributed by atoms with Gasteiger partial charge in [0.2, 0.25) is 6.20 Å². The Kier molecular flexibility index (Phi) is 2.70. The largest absolute Gasteiger partial charge is 0.301 e. The van der Waals surface area contributed by atoms with Gasteiger partial charge < -0.3 is 5.32 Å². The zero-order valence-corrected chi connectivity index (χ0v) is 6.13. The van der Waals surface area contributed by atoms with Crippen LogP contribution in [0.3, 0.4) is 0 Å². The van der Waals surface area contributed by atoms with Gasteiger partial charge in [-0.3, -0.25) is 10.1 Å². The molecule has 0 radical (unpaired) electrons. The molecule has 0 bridgehead atoms. The summed E-state index contributed by atoms with van der Waals surface area (Å²) in [7, 11) is 0. The Hall–Kier alpha value is -0.550. The molecule has 1 rings (SSSR count). The van der Waals surface area contributed by atoms with Gasteiger partial charge in [-0.1, -0.05) is 0 Å². The molecule has 1 aliphatic heterocycles. The van der Waals surface area contributed by atoms with Gasteiger partial charge >= 0.3 is 0 Å². The summed E-state index contributed by atoms with van der Waals surface area (Å²) in [6.45, 7) is 0.942. The first-order valence-corrected chi connectivity index (χ1v) is 4.01. The minimum Gasteiger partial charge on any atom is -0.301 e. The van der Waals surface area contributed by atoms with Crippen LogP contribution in [0.4, 0.5) is 0 Å². The zero-order chi connectivity index (χ0) is 7.40. The Balaban J connectivity index is 2.29. The standard InChI is InChI=1S/C5H8N2O2S/c8-7(9)3-1-5-6-2-4-10-5/h1,3,5-6H,2,4H2/b3-1+. The van der Waals surface area contributed by atoms with E-state index in [2.05, 4.69) is 5.32 Å². The molecular weight excluding hydrogens is 152 g/mol. The average molecular weight is 160 g/mol. The summed E-state index contributed by atoms with van der Waals surface area (Å²) in [6, 6.07) is 0. The van der Waals surface area contributed by atoms with Crippen molar-refractivity contribution in [1.82, 2.24) is 5.32 Å². The van der Waals surface area contributed by atoms with Gasteiger partial charge in [0.1, 0.15) is 0 Å². The van der Waals surface area contributed by atoms with Crippen molar-refractivity contribution in [3.8, 4) is 0 Å². The number of nitrogens with one attached hydrogen (secondary N) is 1. The van der Waals surface area contributed by atoms with Crippen LogP contribution in [-0.2, 0) is 0 Å². The van der Waals surface area contributed by atoms with Crippen molar-refractivity contribution in [2.45, 2.75) is 5.37 Å². The van der Waals surface area contributed by atoms with Crippen molar-refractivity contribution in [2.24, 2.45) is 0 Å². The van der Waals surface area contributed by atoms with Crippen LogP contribution >= 0.6 is 11.8 Å². The Morgan fingerprint density at radius 1 is 1.80 bits per heavy atom. The van der Waals surface area contributed by atoms with Crippen LogP contribution in [-0.4, -0.2) is 22.6 Å². The van der Waals surface area contributed by atoms with Gasteiger partial charge in [-0.25, -0.2) is 0 Å². The highest BCUT2D eigenvalue weighted by Crippen LogP contribution is 2.13. The van der Waals surface area contributed by atoms with Crippen molar-refractivity contribution in [2.75, 3.05) is 12.3 Å². The van der Waals surface area contributed by atoms with Crippen LogP contribution in [0.15, 0.2) is 12.3 Å². The van der Waals surface area contributed by atoms with Crippen LogP contribution in [0.1, 0.15) is 0 Å². The van der Waals surface area contributed by atoms with Crippen LogP contribution in [0, 0.1) is 10.1 Å². The minimum absolute atomic E-state index is 0.144. The summed E-state index contributed by atoms with van der Waals surface area (Å²) >= 11 is 1.68. The average Bonchev–Trinajstić information content (AvgIpc) is 2.34. The molecule has 10 heavy (non-hydrogen) atoms. The molecule has 0 aromatic carbocycles. The number of hydrogen-bond acceptors (Lipinski definition) is 4. The van der Waals surface area contributed by atoms with Crippen molar-refractivity contribution in [3.63, 3.8) is 0 Å². The van der Waals surface area contributed by atoms with Gasteiger partial charge in [-0.2, -0.15) is 0 Å². The van der Waals surface area contributed by atoms with Crippen molar-refractivity contribution in [3.05, 3.63) is 22.4 Å². The lowest BCUT2D eigenvalue weighted by molar-refractivity contribution is -0.402. The number of nitro groups is 1. The maximum Gasteiger partial charge on any atom is 0.232 e. The van der Waals surface area contributed by atoms with Crippen LogP contribution in [0.25, 0.3) is 0 Å². The summed E-state index contributed by atoms with van der Waals surface area (Å²) in [5.41, 5.74) is 0. The lowest BCUT2D eigenvalue weighted by Crippen LogP contribution is -2.16. The van der Waals surface area contributed by atoms with Crippen LogP contribution in [0.5, 0.6) is 0 Å². The van der Waals surface area contributed by atoms with Crippen LogP contribution in [0.2, 0.25) is 0 Å². The highest BCUT2D eigenvalue weighted by atomic mass is 32.2. The van der Waals surface area contributed by atoms with E-state index in [1.165, 1.54) is 0 Å². The second-order valence-electron chi connectivity index (χ2n) is 1.87. The molecule has 0 aliphatic carbocycles. The number of thioether (sulfide) groups is 1. The molecule has 1 saturated heterocycles. The van der Waals surface area contributed by atoms with E-state index in [1.54, 1.807) is 17.8 Å². The molecule has 1 unspecified atom stereocenters. The summed E-state index contributed by atoms with van der Waals surface area (Å²) in [4.78, 5) is 9.39. The maximum absolute atomic E-state index is 9.84. The zero-order valence-electron chi connectivity index (χ0n) is 5.32. The summed E-state index contributed by atoms with van der Waals surface area (Å²) < 4.78 is 0. The number of hydrogen-bond donors (Lipinski definition) is 1. The predicted molar refractivity (Wildman–Crippen MR) is 40.4 cm³/mol. The quantitative estimate of drug-likeness (QED) is 0.470. The molecule has 56 valence electrons. The van der Waals surface area contributed by atoms with E-state index < -0.39 is 4.92 Å². The van der Waals surface area contributed by atoms with E-state index in [0.717, 1.165) is 18.5 Å². The second kappa shape index (κ2) is 3.58. The lowest BCUT2D eigenvalue weighted by Gasteiger charge is -1.97. The molecule has 0 saturated carbocycles. The third-order valence-corrected chi connectivity index (χ3v) is 2.25. The summed E-state index contributed by atoms with van der Waals surface area (Å²) in [5, 5.41) is 13.1. The van der Waals surface area contributed by atoms with E-state index in [4.69, 9.17) is 0 Å². The molecule has 1 heterocycles. The normalized spacial score (nSPS) is 25.8. The van der Waals surface area contributed by atoms with Gasteiger partial charge in [0.15, 0.2) is 0 Å². The summed E-state index contributed by atoms with van der Waals surface area (Å²) in [6.07, 6.45) is 2.55. The molecular formula is C5H8N2O2S. The van der Waals surface area contributed by atoms with E-state index in [9.17, 15) is 10.1 Å². The van der Waals surface area contributed by atoms with E-state index >= 15 is 0 Å². The van der Waals surface area contributed by atoms with Crippen molar-refractivity contribution >= 4 is 11.8 Å². The monoisotopic (exact) mass is 160 g/mol. The molecule has 0 spiro atoms. The van der Waals surface area contributed by atoms with E-state index in [0.29, 0.717) is 0 Å². The molecule has 1 N–H and O–H groups in total. The lowest BCUT2D eigenvalue weighted by atomic mass is 10.6. The Bertz CT molecular complexity index is 154. The fraction of sp³-hybridized carbons (Fsp3) is 0.600. The van der Waals surface area contributed by atoms with Gasteiger partial charge in [0, 0.05) is 18.4 Å². The molecule has 5 heteroatoms. The predicted octanol–water partition coefficient (Wildman–Crippen LogP) is 0.439. The van der Waals surface area contributed by atoms with E-state index in [1.807, 2.05) is 0 Å². The fourth-order valence-electron chi connectivity index (χ4n) is 0.718. The molecule has 0 amide bonds. The highest BCUT2D eigenvalue weighted by molar-refractivity contribution is 8.00. The van der Waals surface area contributed by atoms with Crippen LogP contribution < -0.4 is 5.32 Å². The Labute approximate surface area is 62.8 Å². The molecule has 1 atom stereocenters. The third kappa shape index (κ3) is 2.36. The first-order chi connectivity index (χ1) is 4.79. The van der Waals surface area contributed by atoms with Crippen molar-refractivity contribution < 1.29 is 4.92 Å². The third-order valence-electron chi connectivity index (χ3n) is 1.13.